The Morgan fingerprint density at radius 1 is 1.83 bits per heavy atom. The SMILES string of the molecule is [2H]C([2H])C(=O)N(C)C. The first-order valence-corrected chi connectivity index (χ1v) is 1.61. The molecule has 0 spiro atoms. The van der Waals surface area contributed by atoms with Crippen LogP contribution in [0.25, 0.3) is 0 Å². The monoisotopic (exact) mass is 89.1 g/mol. The van der Waals surface area contributed by atoms with Gasteiger partial charge in [-0.15, -0.1) is 0 Å². The summed E-state index contributed by atoms with van der Waals surface area (Å²) in [6, 6.07) is 0. The highest BCUT2D eigenvalue weighted by atomic mass is 16.2. The van der Waals surface area contributed by atoms with E-state index in [4.69, 9.17) is 2.74 Å². The van der Waals surface area contributed by atoms with E-state index in [-0.39, 0.29) is 0 Å². The summed E-state index contributed by atoms with van der Waals surface area (Å²) >= 11 is 0. The van der Waals surface area contributed by atoms with Gasteiger partial charge in [0.05, 0.1) is 0 Å². The van der Waals surface area contributed by atoms with E-state index in [1.165, 1.54) is 19.0 Å². The molecule has 0 aromatic carbocycles. The second kappa shape index (κ2) is 1.80. The Morgan fingerprint density at radius 3 is 2.33 bits per heavy atom. The van der Waals surface area contributed by atoms with Crippen LogP contribution < -0.4 is 0 Å². The lowest BCUT2D eigenvalue weighted by molar-refractivity contribution is -0.126. The van der Waals surface area contributed by atoms with Crippen molar-refractivity contribution in [2.24, 2.45) is 0 Å². The zero-order valence-electron chi connectivity index (χ0n) is 5.93. The van der Waals surface area contributed by atoms with Gasteiger partial charge in [0.1, 0.15) is 0 Å². The van der Waals surface area contributed by atoms with Crippen LogP contribution in [-0.4, -0.2) is 24.9 Å². The molecule has 0 atom stereocenters. The van der Waals surface area contributed by atoms with E-state index in [2.05, 4.69) is 0 Å². The molecule has 0 unspecified atom stereocenters. The molecule has 0 fully saturated rings. The molecular formula is C4H9NO. The molecule has 0 N–H and O–H groups in total. The van der Waals surface area contributed by atoms with Crippen LogP contribution in [0.1, 0.15) is 9.62 Å². The highest BCUT2D eigenvalue weighted by Crippen LogP contribution is 1.69. The third kappa shape index (κ3) is 1.76. The molecule has 2 heteroatoms. The minimum atomic E-state index is -1.37. The number of hydrogen-bond acceptors (Lipinski definition) is 1. The zero-order valence-corrected chi connectivity index (χ0v) is 3.93. The van der Waals surface area contributed by atoms with Gasteiger partial charge >= 0.3 is 0 Å². The van der Waals surface area contributed by atoms with Crippen molar-refractivity contribution in [3.8, 4) is 0 Å². The maximum atomic E-state index is 10.4. The standard InChI is InChI=1S/C4H9NO/c1-4(6)5(2)3/h1-3H3/i1D2. The minimum absolute atomic E-state index is 0.481. The van der Waals surface area contributed by atoms with Crippen LogP contribution in [0.15, 0.2) is 0 Å². The molecule has 0 bridgehead atoms. The summed E-state index contributed by atoms with van der Waals surface area (Å²) in [6.07, 6.45) is 0. The molecular weight excluding hydrogens is 78.0 g/mol. The first-order chi connectivity index (χ1) is 3.55. The molecule has 0 aromatic heterocycles. The van der Waals surface area contributed by atoms with Crippen LogP contribution in [0.3, 0.4) is 0 Å². The van der Waals surface area contributed by atoms with Crippen molar-refractivity contribution in [3.63, 3.8) is 0 Å². The Labute approximate surface area is 40.6 Å². The molecule has 0 saturated heterocycles. The molecule has 0 heterocycles. The third-order valence-electron chi connectivity index (χ3n) is 0.441. The highest BCUT2D eigenvalue weighted by molar-refractivity contribution is 5.72. The maximum Gasteiger partial charge on any atom is 0.218 e. The van der Waals surface area contributed by atoms with E-state index in [9.17, 15) is 4.79 Å². The van der Waals surface area contributed by atoms with Gasteiger partial charge < -0.3 is 4.90 Å². The van der Waals surface area contributed by atoms with Crippen LogP contribution in [-0.2, 0) is 4.79 Å². The van der Waals surface area contributed by atoms with E-state index in [0.717, 1.165) is 0 Å². The van der Waals surface area contributed by atoms with Crippen molar-refractivity contribution in [2.45, 2.75) is 6.88 Å². The average molecular weight is 89.1 g/mol. The largest absolute Gasteiger partial charge is 0.349 e. The summed E-state index contributed by atoms with van der Waals surface area (Å²) in [5.74, 6) is -0.481. The van der Waals surface area contributed by atoms with E-state index in [1.54, 1.807) is 0 Å². The Hall–Kier alpha value is -0.530. The first kappa shape index (κ1) is 2.61. The van der Waals surface area contributed by atoms with Crippen molar-refractivity contribution in [1.82, 2.24) is 4.90 Å². The van der Waals surface area contributed by atoms with Gasteiger partial charge in [0, 0.05) is 23.7 Å². The van der Waals surface area contributed by atoms with Crippen LogP contribution in [0.4, 0.5) is 0 Å². The molecule has 2 nitrogen and oxygen atoms in total. The predicted molar refractivity (Wildman–Crippen MR) is 24.4 cm³/mol. The normalized spacial score (nSPS) is 13.2. The number of nitrogens with zero attached hydrogens (tertiary/aromatic N) is 1. The molecule has 0 radical (unpaired) electrons. The zero-order chi connectivity index (χ0) is 6.73. The second-order valence-electron chi connectivity index (χ2n) is 1.23. The molecule has 0 aromatic rings. The van der Waals surface area contributed by atoms with Crippen LogP contribution in [0.5, 0.6) is 0 Å². The topological polar surface area (TPSA) is 20.3 Å². The summed E-state index contributed by atoms with van der Waals surface area (Å²) in [6.45, 7) is -1.37. The van der Waals surface area contributed by atoms with E-state index < -0.39 is 12.8 Å². The maximum absolute atomic E-state index is 10.4. The summed E-state index contributed by atoms with van der Waals surface area (Å²) in [5.41, 5.74) is 0. The Balaban J connectivity index is 3.65. The van der Waals surface area contributed by atoms with E-state index in [0.29, 0.717) is 0 Å². The minimum Gasteiger partial charge on any atom is -0.349 e. The molecule has 0 aliphatic carbocycles. The average Bonchev–Trinajstić information content (AvgIpc) is 1.64. The van der Waals surface area contributed by atoms with Crippen LogP contribution in [0.2, 0.25) is 0 Å². The Kier molecular flexibility index (Phi) is 0.783. The smallest absolute Gasteiger partial charge is 0.218 e. The quantitative estimate of drug-likeness (QED) is 0.412. The number of rotatable bonds is 0. The lowest BCUT2D eigenvalue weighted by atomic mass is 10.7. The number of hydrogen-bond donors (Lipinski definition) is 0. The lowest BCUT2D eigenvalue weighted by Gasteiger charge is -2.02. The second-order valence-corrected chi connectivity index (χ2v) is 1.23. The van der Waals surface area contributed by atoms with Crippen molar-refractivity contribution in [3.05, 3.63) is 0 Å². The molecule has 0 aliphatic heterocycles. The number of amides is 1. The van der Waals surface area contributed by atoms with Gasteiger partial charge in [-0.1, -0.05) is 0 Å². The first-order valence-electron chi connectivity index (χ1n) is 2.77. The molecule has 0 saturated carbocycles. The van der Waals surface area contributed by atoms with Gasteiger partial charge in [-0.2, -0.15) is 0 Å². The van der Waals surface area contributed by atoms with Gasteiger partial charge in [0.15, 0.2) is 0 Å². The summed E-state index contributed by atoms with van der Waals surface area (Å²) in [5, 5.41) is 0. The lowest BCUT2D eigenvalue weighted by Crippen LogP contribution is -2.17. The molecule has 0 aliphatic rings. The van der Waals surface area contributed by atoms with Gasteiger partial charge in [0.2, 0.25) is 5.91 Å². The molecule has 1 amide bonds. The number of carbonyl (C=O) groups excluding carboxylic acids is 1. The summed E-state index contributed by atoms with van der Waals surface area (Å²) in [4.78, 5) is 11.6. The van der Waals surface area contributed by atoms with Gasteiger partial charge in [-0.05, 0) is 0 Å². The predicted octanol–water partition coefficient (Wildman–Crippen LogP) is 0.0945. The van der Waals surface area contributed by atoms with Crippen LogP contribution >= 0.6 is 0 Å². The molecule has 36 valence electrons. The Bertz CT molecular complexity index is 82.0. The van der Waals surface area contributed by atoms with Gasteiger partial charge in [0.25, 0.3) is 0 Å². The fourth-order valence-corrected chi connectivity index (χ4v) is 0. The Morgan fingerprint density at radius 2 is 2.33 bits per heavy atom. The summed E-state index contributed by atoms with van der Waals surface area (Å²) < 4.78 is 13.2. The van der Waals surface area contributed by atoms with Crippen molar-refractivity contribution in [1.29, 1.82) is 0 Å². The highest BCUT2D eigenvalue weighted by Gasteiger charge is 1.87. The molecule has 6 heavy (non-hydrogen) atoms. The van der Waals surface area contributed by atoms with E-state index >= 15 is 0 Å². The van der Waals surface area contributed by atoms with Crippen molar-refractivity contribution in [2.75, 3.05) is 14.1 Å². The van der Waals surface area contributed by atoms with Crippen LogP contribution in [0, 0.1) is 0 Å². The van der Waals surface area contributed by atoms with Crippen molar-refractivity contribution >= 4 is 5.91 Å². The fourth-order valence-electron chi connectivity index (χ4n) is 0. The van der Waals surface area contributed by atoms with Crippen molar-refractivity contribution < 1.29 is 7.54 Å². The third-order valence-corrected chi connectivity index (χ3v) is 0.441. The molecule has 0 rings (SSSR count). The van der Waals surface area contributed by atoms with E-state index in [1.807, 2.05) is 0 Å². The van der Waals surface area contributed by atoms with Gasteiger partial charge in [-0.3, -0.25) is 4.79 Å². The fraction of sp³-hybridized carbons (Fsp3) is 0.750. The summed E-state index contributed by atoms with van der Waals surface area (Å²) in [7, 11) is 3.05. The van der Waals surface area contributed by atoms with Gasteiger partial charge in [-0.25, -0.2) is 0 Å². The number of carbonyl (C=O) groups is 1.